The lowest BCUT2D eigenvalue weighted by molar-refractivity contribution is 0.415. The Bertz CT molecular complexity index is 3220. The first-order chi connectivity index (χ1) is 25.1. The minimum atomic E-state index is 0.866. The first-order valence-corrected chi connectivity index (χ1v) is 19.0. The Balaban J connectivity index is 1.34. The van der Waals surface area contributed by atoms with Gasteiger partial charge in [0.25, 0.3) is 0 Å². The molecule has 0 saturated carbocycles. The molecule has 0 saturated heterocycles. The molecule has 0 aliphatic rings. The van der Waals surface area contributed by atoms with Crippen molar-refractivity contribution in [2.75, 3.05) is 7.11 Å². The van der Waals surface area contributed by atoms with Gasteiger partial charge in [0.2, 0.25) is 0 Å². The molecule has 2 heterocycles. The Morgan fingerprint density at radius 2 is 0.863 bits per heavy atom. The molecule has 2 aromatic heterocycles. The van der Waals surface area contributed by atoms with Crippen molar-refractivity contribution < 1.29 is 4.74 Å². The van der Waals surface area contributed by atoms with Crippen molar-refractivity contribution in [1.82, 2.24) is 0 Å². The van der Waals surface area contributed by atoms with E-state index in [1.165, 1.54) is 111 Å². The molecule has 0 spiro atoms. The summed E-state index contributed by atoms with van der Waals surface area (Å²) in [6, 6.07) is 54.4. The fourth-order valence-electron chi connectivity index (χ4n) is 8.31. The van der Waals surface area contributed by atoms with Gasteiger partial charge in [-0.1, -0.05) is 103 Å². The van der Waals surface area contributed by atoms with Gasteiger partial charge in [0.15, 0.2) is 0 Å². The van der Waals surface area contributed by atoms with Gasteiger partial charge >= 0.3 is 0 Å². The quantitative estimate of drug-likeness (QED) is 0.133. The third kappa shape index (κ3) is 4.26. The minimum Gasteiger partial charge on any atom is -0.497 e. The van der Waals surface area contributed by atoms with Gasteiger partial charge in [0.05, 0.1) is 7.11 Å². The van der Waals surface area contributed by atoms with Crippen LogP contribution in [0.1, 0.15) is 5.56 Å². The number of fused-ring (bicyclic) bond motifs is 14. The van der Waals surface area contributed by atoms with Gasteiger partial charge in [-0.25, -0.2) is 0 Å². The van der Waals surface area contributed by atoms with Gasteiger partial charge in [-0.2, -0.15) is 0 Å². The van der Waals surface area contributed by atoms with Crippen LogP contribution in [-0.2, 0) is 0 Å². The zero-order valence-electron chi connectivity index (χ0n) is 28.1. The Labute approximate surface area is 302 Å². The average molecular weight is 687 g/mol. The zero-order valence-corrected chi connectivity index (χ0v) is 29.7. The van der Waals surface area contributed by atoms with Crippen molar-refractivity contribution in [2.45, 2.75) is 6.92 Å². The third-order valence-electron chi connectivity index (χ3n) is 10.8. The van der Waals surface area contributed by atoms with Crippen LogP contribution < -0.4 is 4.74 Å². The molecule has 0 bridgehead atoms. The third-order valence-corrected chi connectivity index (χ3v) is 13.2. The Morgan fingerprint density at radius 1 is 0.412 bits per heavy atom. The van der Waals surface area contributed by atoms with Gasteiger partial charge < -0.3 is 4.74 Å². The summed E-state index contributed by atoms with van der Waals surface area (Å²) in [5.41, 5.74) is 6.23. The molecule has 3 heteroatoms. The van der Waals surface area contributed by atoms with Crippen molar-refractivity contribution >= 4 is 106 Å². The molecule has 0 unspecified atom stereocenters. The maximum absolute atomic E-state index is 5.55. The van der Waals surface area contributed by atoms with Crippen molar-refractivity contribution in [3.8, 4) is 28.0 Å². The summed E-state index contributed by atoms with van der Waals surface area (Å²) < 4.78 is 10.9. The van der Waals surface area contributed by atoms with E-state index < -0.39 is 0 Å². The summed E-state index contributed by atoms with van der Waals surface area (Å²) in [5.74, 6) is 0.866. The molecule has 0 N–H and O–H groups in total. The number of hydrogen-bond donors (Lipinski definition) is 0. The molecule has 11 aromatic rings. The normalized spacial score (nSPS) is 12.1. The van der Waals surface area contributed by atoms with E-state index in [2.05, 4.69) is 153 Å². The lowest BCUT2D eigenvalue weighted by atomic mass is 9.88. The Hall–Kier alpha value is -5.74. The summed E-state index contributed by atoms with van der Waals surface area (Å²) >= 11 is 3.83. The lowest BCUT2D eigenvalue weighted by Gasteiger charge is -2.16. The van der Waals surface area contributed by atoms with E-state index in [9.17, 15) is 0 Å². The van der Waals surface area contributed by atoms with E-state index in [1.54, 1.807) is 7.11 Å². The fraction of sp³-hybridized carbons (Fsp3) is 0.0417. The summed E-state index contributed by atoms with van der Waals surface area (Å²) in [5, 5.41) is 15.7. The number of ether oxygens (including phenoxy) is 1. The van der Waals surface area contributed by atoms with E-state index in [4.69, 9.17) is 4.74 Å². The number of rotatable bonds is 3. The van der Waals surface area contributed by atoms with E-state index in [-0.39, 0.29) is 0 Å². The second-order valence-corrected chi connectivity index (χ2v) is 15.8. The van der Waals surface area contributed by atoms with Crippen LogP contribution in [0.2, 0.25) is 0 Å². The van der Waals surface area contributed by atoms with Gasteiger partial charge in [0, 0.05) is 51.1 Å². The molecule has 11 rings (SSSR count). The smallest absolute Gasteiger partial charge is 0.118 e. The first kappa shape index (κ1) is 29.0. The highest BCUT2D eigenvalue weighted by atomic mass is 32.1. The fourth-order valence-corrected chi connectivity index (χ4v) is 10.8. The summed E-state index contributed by atoms with van der Waals surface area (Å²) in [7, 11) is 1.73. The van der Waals surface area contributed by atoms with Gasteiger partial charge in [-0.15, -0.1) is 22.7 Å². The summed E-state index contributed by atoms with van der Waals surface area (Å²) in [6.45, 7) is 2.16. The van der Waals surface area contributed by atoms with Crippen molar-refractivity contribution in [3.05, 3.63) is 151 Å². The number of benzene rings is 9. The van der Waals surface area contributed by atoms with E-state index in [0.717, 1.165) is 5.75 Å². The number of methoxy groups -OCH3 is 1. The molecular weight excluding hydrogens is 657 g/mol. The number of hydrogen-bond acceptors (Lipinski definition) is 3. The molecule has 240 valence electrons. The van der Waals surface area contributed by atoms with E-state index in [0.29, 0.717) is 0 Å². The Kier molecular flexibility index (Phi) is 6.19. The number of thiophene rings is 2. The van der Waals surface area contributed by atoms with Crippen LogP contribution in [-0.4, -0.2) is 7.11 Å². The largest absolute Gasteiger partial charge is 0.497 e. The lowest BCUT2D eigenvalue weighted by Crippen LogP contribution is -1.89. The van der Waals surface area contributed by atoms with Crippen LogP contribution in [0, 0.1) is 6.92 Å². The van der Waals surface area contributed by atoms with E-state index in [1.807, 2.05) is 22.7 Å². The van der Waals surface area contributed by atoms with Crippen molar-refractivity contribution in [1.29, 1.82) is 0 Å². The molecule has 0 fully saturated rings. The standard InChI is InChI=1S/C48H30OS2/c1-27-11-13-28(14-12-27)39-23-30-25-42-31(26-41(30)45-35(39)19-21-37-33-7-3-5-9-43(33)50-47(37)45)24-40(29-15-17-32(49-2)18-16-29)36-20-22-38-34-8-4-6-10-44(34)51-48(38)46(36)42/h3-26H,1-2H3. The highest BCUT2D eigenvalue weighted by molar-refractivity contribution is 7.27. The monoisotopic (exact) mass is 686 g/mol. The van der Waals surface area contributed by atoms with Crippen LogP contribution in [0.15, 0.2) is 146 Å². The molecule has 1 nitrogen and oxygen atoms in total. The summed E-state index contributed by atoms with van der Waals surface area (Å²) in [6.07, 6.45) is 0. The maximum atomic E-state index is 5.55. The van der Waals surface area contributed by atoms with E-state index >= 15 is 0 Å². The molecule has 0 atom stereocenters. The van der Waals surface area contributed by atoms with Crippen LogP contribution in [0.5, 0.6) is 5.75 Å². The Morgan fingerprint density at radius 3 is 1.35 bits per heavy atom. The van der Waals surface area contributed by atoms with Crippen LogP contribution >= 0.6 is 22.7 Å². The highest BCUT2D eigenvalue weighted by Gasteiger charge is 2.19. The summed E-state index contributed by atoms with van der Waals surface area (Å²) in [4.78, 5) is 0. The molecule has 0 amide bonds. The molecule has 0 aliphatic heterocycles. The predicted octanol–water partition coefficient (Wildman–Crippen LogP) is 14.7. The second-order valence-electron chi connectivity index (χ2n) is 13.7. The minimum absolute atomic E-state index is 0.866. The topological polar surface area (TPSA) is 9.23 Å². The predicted molar refractivity (Wildman–Crippen MR) is 224 cm³/mol. The maximum Gasteiger partial charge on any atom is 0.118 e. The van der Waals surface area contributed by atoms with Gasteiger partial charge in [-0.3, -0.25) is 0 Å². The first-order valence-electron chi connectivity index (χ1n) is 17.4. The molecular formula is C48H30OS2. The molecule has 0 aliphatic carbocycles. The average Bonchev–Trinajstić information content (AvgIpc) is 3.75. The number of aryl methyl sites for hydroxylation is 1. The van der Waals surface area contributed by atoms with Crippen LogP contribution in [0.3, 0.4) is 0 Å². The van der Waals surface area contributed by atoms with Crippen molar-refractivity contribution in [3.63, 3.8) is 0 Å². The molecule has 51 heavy (non-hydrogen) atoms. The van der Waals surface area contributed by atoms with Crippen LogP contribution in [0.25, 0.3) is 106 Å². The van der Waals surface area contributed by atoms with Crippen molar-refractivity contribution in [2.24, 2.45) is 0 Å². The highest BCUT2D eigenvalue weighted by Crippen LogP contribution is 2.48. The van der Waals surface area contributed by atoms with Gasteiger partial charge in [0.1, 0.15) is 5.75 Å². The zero-order chi connectivity index (χ0) is 33.8. The molecule has 0 radical (unpaired) electrons. The SMILES string of the molecule is COc1ccc(-c2cc3cc4c(cc(-c5ccc(C)cc5)c5ccc6c7ccccc7sc6c54)cc3c3c2ccc2c4ccccc4sc23)cc1. The van der Waals surface area contributed by atoms with Gasteiger partial charge in [-0.05, 0) is 110 Å². The van der Waals surface area contributed by atoms with Crippen LogP contribution in [0.4, 0.5) is 0 Å². The molecule has 9 aromatic carbocycles. The second kappa shape index (κ2) is 10.9.